The van der Waals surface area contributed by atoms with Crippen LogP contribution in [0.3, 0.4) is 0 Å². The lowest BCUT2D eigenvalue weighted by molar-refractivity contribution is -0.115. The van der Waals surface area contributed by atoms with Crippen LogP contribution in [0.5, 0.6) is 23.0 Å². The van der Waals surface area contributed by atoms with Gasteiger partial charge in [-0.1, -0.05) is 0 Å². The Morgan fingerprint density at radius 3 is 2.20 bits per heavy atom. The molecular weight excluding hydrogens is 390 g/mol. The van der Waals surface area contributed by atoms with Gasteiger partial charge in [0.15, 0.2) is 11.3 Å². The van der Waals surface area contributed by atoms with Crippen molar-refractivity contribution < 1.29 is 28.2 Å². The fraction of sp³-hybridized carbons (Fsp3) is 0.273. The highest BCUT2D eigenvalue weighted by Gasteiger charge is 2.19. The van der Waals surface area contributed by atoms with E-state index in [1.807, 2.05) is 0 Å². The van der Waals surface area contributed by atoms with Gasteiger partial charge in [0.1, 0.15) is 11.5 Å². The first-order valence-corrected chi connectivity index (χ1v) is 9.12. The van der Waals surface area contributed by atoms with E-state index >= 15 is 0 Å². The Labute approximate surface area is 173 Å². The van der Waals surface area contributed by atoms with E-state index in [4.69, 9.17) is 23.4 Å². The fourth-order valence-corrected chi connectivity index (χ4v) is 3.22. The molecule has 0 aliphatic carbocycles. The van der Waals surface area contributed by atoms with Gasteiger partial charge in [0, 0.05) is 29.3 Å². The van der Waals surface area contributed by atoms with Gasteiger partial charge in [-0.2, -0.15) is 0 Å². The van der Waals surface area contributed by atoms with Gasteiger partial charge in [-0.25, -0.2) is 4.79 Å². The number of benzene rings is 2. The molecule has 0 radical (unpaired) electrons. The summed E-state index contributed by atoms with van der Waals surface area (Å²) in [5.41, 5.74) is 1.07. The molecule has 0 bridgehead atoms. The topological polar surface area (TPSA) is 96.2 Å². The summed E-state index contributed by atoms with van der Waals surface area (Å²) in [6, 6.07) is 8.50. The normalized spacial score (nSPS) is 10.6. The molecular formula is C22H23NO7. The van der Waals surface area contributed by atoms with Crippen LogP contribution in [0.1, 0.15) is 11.1 Å². The molecule has 8 heteroatoms. The minimum atomic E-state index is -0.607. The predicted octanol–water partition coefficient (Wildman–Crippen LogP) is 3.32. The zero-order valence-electron chi connectivity index (χ0n) is 17.5. The van der Waals surface area contributed by atoms with E-state index < -0.39 is 5.63 Å². The minimum absolute atomic E-state index is 0.155. The van der Waals surface area contributed by atoms with Crippen molar-refractivity contribution in [1.29, 1.82) is 0 Å². The summed E-state index contributed by atoms with van der Waals surface area (Å²) in [5.74, 6) is 1.47. The second kappa shape index (κ2) is 8.77. The number of fused-ring (bicyclic) bond motifs is 1. The number of hydrogen-bond donors (Lipinski definition) is 1. The Morgan fingerprint density at radius 1 is 0.967 bits per heavy atom. The third-order valence-electron chi connectivity index (χ3n) is 4.77. The van der Waals surface area contributed by atoms with Gasteiger partial charge >= 0.3 is 5.63 Å². The third-order valence-corrected chi connectivity index (χ3v) is 4.77. The maximum Gasteiger partial charge on any atom is 0.340 e. The molecule has 30 heavy (non-hydrogen) atoms. The SMILES string of the molecule is COc1cc(NC(=O)Cc2c(C)c3ccc(OC)c(OC)c3oc2=O)cc(OC)c1. The molecule has 1 amide bonds. The Balaban J connectivity index is 1.94. The average Bonchev–Trinajstić information content (AvgIpc) is 2.75. The molecule has 158 valence electrons. The van der Waals surface area contributed by atoms with Crippen molar-refractivity contribution in [2.45, 2.75) is 13.3 Å². The highest BCUT2D eigenvalue weighted by Crippen LogP contribution is 2.36. The van der Waals surface area contributed by atoms with E-state index in [9.17, 15) is 9.59 Å². The second-order valence-corrected chi connectivity index (χ2v) is 6.50. The molecule has 0 atom stereocenters. The number of hydrogen-bond acceptors (Lipinski definition) is 7. The summed E-state index contributed by atoms with van der Waals surface area (Å²) in [6.45, 7) is 1.77. The van der Waals surface area contributed by atoms with Gasteiger partial charge in [-0.3, -0.25) is 4.79 Å². The van der Waals surface area contributed by atoms with Crippen molar-refractivity contribution in [1.82, 2.24) is 0 Å². The van der Waals surface area contributed by atoms with Crippen LogP contribution in [-0.2, 0) is 11.2 Å². The Morgan fingerprint density at radius 2 is 1.63 bits per heavy atom. The van der Waals surface area contributed by atoms with E-state index in [0.717, 1.165) is 0 Å². The number of nitrogens with one attached hydrogen (secondary N) is 1. The number of anilines is 1. The van der Waals surface area contributed by atoms with Crippen molar-refractivity contribution in [2.75, 3.05) is 33.8 Å². The third kappa shape index (κ3) is 4.03. The number of aryl methyl sites for hydroxylation is 1. The van der Waals surface area contributed by atoms with Gasteiger partial charge in [-0.05, 0) is 24.6 Å². The zero-order valence-corrected chi connectivity index (χ0v) is 17.5. The lowest BCUT2D eigenvalue weighted by Gasteiger charge is -2.13. The van der Waals surface area contributed by atoms with E-state index in [0.29, 0.717) is 39.6 Å². The summed E-state index contributed by atoms with van der Waals surface area (Å²) in [4.78, 5) is 25.3. The van der Waals surface area contributed by atoms with Crippen LogP contribution in [0.25, 0.3) is 11.0 Å². The van der Waals surface area contributed by atoms with Crippen molar-refractivity contribution >= 4 is 22.6 Å². The van der Waals surface area contributed by atoms with Crippen LogP contribution in [0, 0.1) is 6.92 Å². The molecule has 2 aromatic carbocycles. The summed E-state index contributed by atoms with van der Waals surface area (Å²) in [5, 5.41) is 3.42. The number of carbonyl (C=O) groups is 1. The number of ether oxygens (including phenoxy) is 4. The van der Waals surface area contributed by atoms with E-state index in [1.165, 1.54) is 28.4 Å². The number of carbonyl (C=O) groups excluding carboxylic acids is 1. The number of rotatable bonds is 7. The van der Waals surface area contributed by atoms with Crippen molar-refractivity contribution in [2.24, 2.45) is 0 Å². The minimum Gasteiger partial charge on any atom is -0.497 e. The Bertz CT molecular complexity index is 1130. The standard InChI is InChI=1S/C22H23NO7/c1-12-16-6-7-18(28-4)21(29-5)20(16)30-22(25)17(12)11-19(24)23-13-8-14(26-2)10-15(9-13)27-3/h6-10H,11H2,1-5H3,(H,23,24). The molecule has 0 aliphatic rings. The van der Waals surface area contributed by atoms with Gasteiger partial charge in [0.25, 0.3) is 0 Å². The monoisotopic (exact) mass is 413 g/mol. The molecule has 3 aromatic rings. The average molecular weight is 413 g/mol. The quantitative estimate of drug-likeness (QED) is 0.594. The van der Waals surface area contributed by atoms with E-state index in [-0.39, 0.29) is 23.5 Å². The van der Waals surface area contributed by atoms with Crippen LogP contribution in [0.2, 0.25) is 0 Å². The second-order valence-electron chi connectivity index (χ2n) is 6.50. The molecule has 0 aliphatic heterocycles. The summed E-state index contributed by atoms with van der Waals surface area (Å²) >= 11 is 0. The van der Waals surface area contributed by atoms with Crippen LogP contribution >= 0.6 is 0 Å². The summed E-state index contributed by atoms with van der Waals surface area (Å²) < 4.78 is 26.5. The Kier molecular flexibility index (Phi) is 6.15. The molecule has 1 aromatic heterocycles. The largest absolute Gasteiger partial charge is 0.497 e. The van der Waals surface area contributed by atoms with Crippen LogP contribution in [-0.4, -0.2) is 34.3 Å². The van der Waals surface area contributed by atoms with Crippen LogP contribution in [0.15, 0.2) is 39.5 Å². The first-order chi connectivity index (χ1) is 14.4. The molecule has 0 saturated heterocycles. The molecule has 0 fully saturated rings. The zero-order chi connectivity index (χ0) is 21.8. The lowest BCUT2D eigenvalue weighted by Crippen LogP contribution is -2.20. The van der Waals surface area contributed by atoms with Gasteiger partial charge in [0.2, 0.25) is 11.7 Å². The van der Waals surface area contributed by atoms with Gasteiger partial charge in [-0.15, -0.1) is 0 Å². The highest BCUT2D eigenvalue weighted by atomic mass is 16.5. The molecule has 0 spiro atoms. The highest BCUT2D eigenvalue weighted by molar-refractivity contribution is 5.94. The summed E-state index contributed by atoms with van der Waals surface area (Å²) in [6.07, 6.45) is -0.155. The van der Waals surface area contributed by atoms with Crippen LogP contribution in [0.4, 0.5) is 5.69 Å². The fourth-order valence-electron chi connectivity index (χ4n) is 3.22. The molecule has 3 rings (SSSR count). The van der Waals surface area contributed by atoms with Crippen molar-refractivity contribution in [3.8, 4) is 23.0 Å². The molecule has 0 unspecified atom stereocenters. The van der Waals surface area contributed by atoms with Gasteiger partial charge in [0.05, 0.1) is 40.4 Å². The van der Waals surface area contributed by atoms with Crippen LogP contribution < -0.4 is 29.9 Å². The smallest absolute Gasteiger partial charge is 0.340 e. The van der Waals surface area contributed by atoms with Crippen molar-refractivity contribution in [3.63, 3.8) is 0 Å². The first kappa shape index (κ1) is 21.0. The predicted molar refractivity (Wildman–Crippen MR) is 112 cm³/mol. The first-order valence-electron chi connectivity index (χ1n) is 9.12. The molecule has 1 heterocycles. The summed E-state index contributed by atoms with van der Waals surface area (Å²) in [7, 11) is 6.01. The van der Waals surface area contributed by atoms with E-state index in [1.54, 1.807) is 37.3 Å². The number of amides is 1. The lowest BCUT2D eigenvalue weighted by atomic mass is 10.0. The Hall–Kier alpha value is -3.68. The molecule has 1 N–H and O–H groups in total. The maximum absolute atomic E-state index is 12.6. The maximum atomic E-state index is 12.6. The van der Waals surface area contributed by atoms with Gasteiger partial charge < -0.3 is 28.7 Å². The molecule has 0 saturated carbocycles. The van der Waals surface area contributed by atoms with E-state index in [2.05, 4.69) is 5.32 Å². The number of methoxy groups -OCH3 is 4. The van der Waals surface area contributed by atoms with Crippen molar-refractivity contribution in [3.05, 3.63) is 51.9 Å². The molecule has 8 nitrogen and oxygen atoms in total.